The van der Waals surface area contributed by atoms with Gasteiger partial charge in [-0.1, -0.05) is 30.3 Å². The van der Waals surface area contributed by atoms with Gasteiger partial charge in [0.1, 0.15) is 31.1 Å². The Morgan fingerprint density at radius 3 is 2.75 bits per heavy atom. The Labute approximate surface area is 236 Å². The Bertz CT molecular complexity index is 1460. The van der Waals surface area contributed by atoms with Crippen molar-refractivity contribution < 1.29 is 23.7 Å². The first-order valence-electron chi connectivity index (χ1n) is 12.8. The molecule has 1 aliphatic heterocycles. The highest BCUT2D eigenvalue weighted by Gasteiger charge is 2.41. The van der Waals surface area contributed by atoms with Crippen molar-refractivity contribution in [2.75, 3.05) is 23.9 Å². The summed E-state index contributed by atoms with van der Waals surface area (Å²) < 4.78 is 33.6. The average molecular weight is 567 g/mol. The fourth-order valence-corrected chi connectivity index (χ4v) is 4.85. The standard InChI is InChI=1S/C28H31FN6O4S/c1-28(2,36)39-21-13-23(38-22(21)15-37-27(40)33-20-10-5-4-6-11-20)35-17-32-24-25(30-16-31-26(24)35)34(3)14-18-8-7-9-19(29)12-18/h4-12,16-17,21-23,36H,13-15H2,1-3H3,(H,33,40)/t21-,22+,23+/m0/s1. The Balaban J connectivity index is 1.32. The molecule has 0 amide bonds. The molecule has 3 heterocycles. The minimum absolute atomic E-state index is 0.110. The smallest absolute Gasteiger partial charge is 0.261 e. The lowest BCUT2D eigenvalue weighted by Crippen LogP contribution is -2.37. The van der Waals surface area contributed by atoms with Gasteiger partial charge in [0, 0.05) is 25.7 Å². The number of benzene rings is 2. The first-order valence-corrected chi connectivity index (χ1v) is 13.2. The monoisotopic (exact) mass is 566 g/mol. The van der Waals surface area contributed by atoms with Crippen molar-refractivity contribution in [3.8, 4) is 0 Å². The van der Waals surface area contributed by atoms with Gasteiger partial charge in [0.15, 0.2) is 22.8 Å². The highest BCUT2D eigenvalue weighted by atomic mass is 32.1. The highest BCUT2D eigenvalue weighted by molar-refractivity contribution is 7.80. The fraction of sp³-hybridized carbons (Fsp3) is 0.357. The van der Waals surface area contributed by atoms with Gasteiger partial charge in [-0.25, -0.2) is 19.3 Å². The number of imidazole rings is 1. The maximum Gasteiger partial charge on any atom is 0.261 e. The SMILES string of the molecule is CN(Cc1cccc(F)c1)c1ncnc2c1ncn2[C@H]1C[C@H](OC(C)(C)O)[C@@H](COC(=S)Nc2ccccc2)O1. The van der Waals surface area contributed by atoms with Crippen LogP contribution in [0, 0.1) is 5.82 Å². The lowest BCUT2D eigenvalue weighted by molar-refractivity contribution is -0.216. The van der Waals surface area contributed by atoms with Gasteiger partial charge in [0.2, 0.25) is 0 Å². The molecule has 0 unspecified atom stereocenters. The summed E-state index contributed by atoms with van der Waals surface area (Å²) >= 11 is 5.35. The molecule has 1 saturated heterocycles. The molecule has 3 atom stereocenters. The van der Waals surface area contributed by atoms with Crippen LogP contribution in [-0.4, -0.2) is 61.4 Å². The minimum atomic E-state index is -1.38. The lowest BCUT2D eigenvalue weighted by Gasteiger charge is -2.26. The Kier molecular flexibility index (Phi) is 8.22. The molecule has 0 radical (unpaired) electrons. The quantitative estimate of drug-likeness (QED) is 0.223. The van der Waals surface area contributed by atoms with E-state index in [4.69, 9.17) is 26.4 Å². The van der Waals surface area contributed by atoms with E-state index < -0.39 is 24.2 Å². The Morgan fingerprint density at radius 1 is 1.20 bits per heavy atom. The van der Waals surface area contributed by atoms with Crippen LogP contribution in [0.25, 0.3) is 11.2 Å². The zero-order valence-electron chi connectivity index (χ0n) is 22.4. The molecule has 2 aromatic carbocycles. The van der Waals surface area contributed by atoms with Crippen molar-refractivity contribution in [3.63, 3.8) is 0 Å². The molecule has 4 aromatic rings. The number of thiocarbonyl (C=S) groups is 1. The second-order valence-electron chi connectivity index (χ2n) is 10.1. The van der Waals surface area contributed by atoms with Gasteiger partial charge >= 0.3 is 0 Å². The number of aliphatic hydroxyl groups is 1. The van der Waals surface area contributed by atoms with Gasteiger partial charge in [0.25, 0.3) is 5.17 Å². The van der Waals surface area contributed by atoms with E-state index in [2.05, 4.69) is 20.3 Å². The van der Waals surface area contributed by atoms with Crippen molar-refractivity contribution in [3.05, 3.63) is 78.6 Å². The van der Waals surface area contributed by atoms with Crippen LogP contribution in [0.4, 0.5) is 15.9 Å². The molecule has 210 valence electrons. The summed E-state index contributed by atoms with van der Waals surface area (Å²) in [5.41, 5.74) is 2.77. The zero-order valence-corrected chi connectivity index (χ0v) is 23.2. The Morgan fingerprint density at radius 2 is 2.00 bits per heavy atom. The molecule has 1 aliphatic rings. The van der Waals surface area contributed by atoms with Crippen LogP contribution < -0.4 is 10.2 Å². The van der Waals surface area contributed by atoms with E-state index in [0.29, 0.717) is 29.9 Å². The fourth-order valence-electron chi connectivity index (χ4n) is 4.66. The molecular formula is C28H31FN6O4S. The molecule has 10 nitrogen and oxygen atoms in total. The molecule has 1 fully saturated rings. The molecule has 2 N–H and O–H groups in total. The molecule has 5 rings (SSSR count). The number of rotatable bonds is 9. The van der Waals surface area contributed by atoms with E-state index in [9.17, 15) is 9.50 Å². The first kappa shape index (κ1) is 27.8. The summed E-state index contributed by atoms with van der Waals surface area (Å²) in [7, 11) is 1.87. The van der Waals surface area contributed by atoms with Crippen LogP contribution in [-0.2, 0) is 20.8 Å². The summed E-state index contributed by atoms with van der Waals surface area (Å²) in [5.74, 6) is -1.07. The number of nitrogens with one attached hydrogen (secondary N) is 1. The van der Waals surface area contributed by atoms with Gasteiger partial charge in [-0.05, 0) is 55.9 Å². The maximum absolute atomic E-state index is 13.7. The first-order chi connectivity index (χ1) is 19.2. The van der Waals surface area contributed by atoms with Crippen molar-refractivity contribution in [2.45, 2.75) is 51.0 Å². The molecule has 0 aliphatic carbocycles. The van der Waals surface area contributed by atoms with E-state index in [0.717, 1.165) is 11.3 Å². The summed E-state index contributed by atoms with van der Waals surface area (Å²) in [6, 6.07) is 15.9. The van der Waals surface area contributed by atoms with Crippen molar-refractivity contribution in [1.82, 2.24) is 19.5 Å². The van der Waals surface area contributed by atoms with E-state index in [1.165, 1.54) is 18.5 Å². The number of hydrogen-bond acceptors (Lipinski definition) is 9. The third-order valence-corrected chi connectivity index (χ3v) is 6.56. The van der Waals surface area contributed by atoms with Gasteiger partial charge in [0.05, 0.1) is 12.4 Å². The molecule has 0 spiro atoms. The molecule has 12 heteroatoms. The molecule has 0 saturated carbocycles. The summed E-state index contributed by atoms with van der Waals surface area (Å²) in [6.45, 7) is 3.69. The van der Waals surface area contributed by atoms with E-state index in [-0.39, 0.29) is 17.6 Å². The molecular weight excluding hydrogens is 535 g/mol. The van der Waals surface area contributed by atoms with E-state index in [1.807, 2.05) is 52.9 Å². The summed E-state index contributed by atoms with van der Waals surface area (Å²) in [5, 5.41) is 13.6. The molecule has 0 bridgehead atoms. The number of halogens is 1. The maximum atomic E-state index is 13.7. The van der Waals surface area contributed by atoms with Crippen LogP contribution in [0.2, 0.25) is 0 Å². The topological polar surface area (TPSA) is 107 Å². The predicted octanol–water partition coefficient (Wildman–Crippen LogP) is 4.42. The number of aromatic nitrogens is 4. The van der Waals surface area contributed by atoms with Crippen LogP contribution in [0.3, 0.4) is 0 Å². The van der Waals surface area contributed by atoms with Crippen LogP contribution >= 0.6 is 12.2 Å². The Hall–Kier alpha value is -3.71. The molecule has 2 aromatic heterocycles. The van der Waals surface area contributed by atoms with Crippen molar-refractivity contribution in [2.24, 2.45) is 0 Å². The zero-order chi connectivity index (χ0) is 28.3. The van der Waals surface area contributed by atoms with Gasteiger partial charge in [-0.15, -0.1) is 0 Å². The number of hydrogen-bond donors (Lipinski definition) is 2. The average Bonchev–Trinajstić information content (AvgIpc) is 3.51. The minimum Gasteiger partial charge on any atom is -0.468 e. The largest absolute Gasteiger partial charge is 0.468 e. The normalized spacial score (nSPS) is 19.1. The summed E-state index contributed by atoms with van der Waals surface area (Å²) in [6.07, 6.45) is 2.03. The van der Waals surface area contributed by atoms with Gasteiger partial charge in [-0.2, -0.15) is 0 Å². The highest BCUT2D eigenvalue weighted by Crippen LogP contribution is 2.35. The number of nitrogens with zero attached hydrogens (tertiary/aromatic N) is 5. The second-order valence-corrected chi connectivity index (χ2v) is 10.4. The predicted molar refractivity (Wildman–Crippen MR) is 152 cm³/mol. The number of anilines is 2. The van der Waals surface area contributed by atoms with Crippen molar-refractivity contribution >= 4 is 40.1 Å². The van der Waals surface area contributed by atoms with E-state index >= 15 is 0 Å². The second kappa shape index (κ2) is 11.8. The third kappa shape index (κ3) is 6.70. The molecule has 40 heavy (non-hydrogen) atoms. The van der Waals surface area contributed by atoms with Crippen LogP contribution in [0.5, 0.6) is 0 Å². The van der Waals surface area contributed by atoms with Crippen LogP contribution in [0.1, 0.15) is 32.1 Å². The number of para-hydroxylation sites is 1. The van der Waals surface area contributed by atoms with Gasteiger partial charge in [-0.3, -0.25) is 4.57 Å². The number of fused-ring (bicyclic) bond motifs is 1. The van der Waals surface area contributed by atoms with Crippen LogP contribution in [0.15, 0.2) is 67.3 Å². The van der Waals surface area contributed by atoms with Gasteiger partial charge < -0.3 is 29.5 Å². The van der Waals surface area contributed by atoms with Crippen molar-refractivity contribution in [1.29, 1.82) is 0 Å². The van der Waals surface area contributed by atoms with E-state index in [1.54, 1.807) is 26.2 Å². The lowest BCUT2D eigenvalue weighted by atomic mass is 10.1. The number of ether oxygens (including phenoxy) is 3. The summed E-state index contributed by atoms with van der Waals surface area (Å²) in [4.78, 5) is 15.4. The third-order valence-electron chi connectivity index (χ3n) is 6.34.